The Hall–Kier alpha value is -3.41. The molecule has 6 heteroatoms. The van der Waals surface area contributed by atoms with Gasteiger partial charge in [-0.3, -0.25) is 14.4 Å². The van der Waals surface area contributed by atoms with Crippen LogP contribution in [0.1, 0.15) is 265 Å². The second-order valence-electron chi connectivity index (χ2n) is 18.5. The zero-order valence-electron chi connectivity index (χ0n) is 43.9. The van der Waals surface area contributed by atoms with Crippen molar-refractivity contribution in [3.63, 3.8) is 0 Å². The maximum absolute atomic E-state index is 12.8. The van der Waals surface area contributed by atoms with E-state index in [2.05, 4.69) is 106 Å². The molecule has 0 aliphatic heterocycles. The summed E-state index contributed by atoms with van der Waals surface area (Å²) in [6.45, 7) is 6.46. The van der Waals surface area contributed by atoms with E-state index in [-0.39, 0.29) is 37.5 Å². The highest BCUT2D eigenvalue weighted by molar-refractivity contribution is 5.71. The molecular weight excluding hydrogens is 829 g/mol. The summed E-state index contributed by atoms with van der Waals surface area (Å²) in [6.07, 6.45) is 71.5. The molecule has 0 spiro atoms. The van der Waals surface area contributed by atoms with Crippen LogP contribution in [0.15, 0.2) is 85.1 Å². The molecule has 0 rings (SSSR count). The lowest BCUT2D eigenvalue weighted by atomic mass is 10.1. The van der Waals surface area contributed by atoms with Gasteiger partial charge >= 0.3 is 17.9 Å². The van der Waals surface area contributed by atoms with Crippen molar-refractivity contribution in [1.82, 2.24) is 0 Å². The first-order valence-electron chi connectivity index (χ1n) is 28.1. The van der Waals surface area contributed by atoms with Gasteiger partial charge in [-0.25, -0.2) is 0 Å². The predicted octanol–water partition coefficient (Wildman–Crippen LogP) is 18.8. The largest absolute Gasteiger partial charge is 0.462 e. The number of carbonyl (C=O) groups is 3. The Morgan fingerprint density at radius 2 is 0.597 bits per heavy atom. The molecule has 0 heterocycles. The fourth-order valence-electron chi connectivity index (χ4n) is 7.64. The van der Waals surface area contributed by atoms with E-state index in [9.17, 15) is 14.4 Å². The van der Waals surface area contributed by atoms with Crippen LogP contribution in [-0.4, -0.2) is 37.2 Å². The smallest absolute Gasteiger partial charge is 0.306 e. The molecule has 6 nitrogen and oxygen atoms in total. The van der Waals surface area contributed by atoms with Crippen molar-refractivity contribution in [2.24, 2.45) is 0 Å². The van der Waals surface area contributed by atoms with Gasteiger partial charge in [0.2, 0.25) is 0 Å². The number of unbranched alkanes of at least 4 members (excludes halogenated alkanes) is 25. The van der Waals surface area contributed by atoms with Crippen molar-refractivity contribution in [2.45, 2.75) is 271 Å². The van der Waals surface area contributed by atoms with Gasteiger partial charge in [0.05, 0.1) is 0 Å². The van der Waals surface area contributed by atoms with E-state index in [1.165, 1.54) is 122 Å². The maximum Gasteiger partial charge on any atom is 0.306 e. The van der Waals surface area contributed by atoms with E-state index in [4.69, 9.17) is 14.2 Å². The summed E-state index contributed by atoms with van der Waals surface area (Å²) in [4.78, 5) is 38.1. The minimum Gasteiger partial charge on any atom is -0.462 e. The van der Waals surface area contributed by atoms with Crippen molar-refractivity contribution >= 4 is 17.9 Å². The number of hydrogen-bond acceptors (Lipinski definition) is 6. The molecule has 0 unspecified atom stereocenters. The van der Waals surface area contributed by atoms with Crippen molar-refractivity contribution in [2.75, 3.05) is 13.2 Å². The molecule has 0 saturated carbocycles. The zero-order valence-corrected chi connectivity index (χ0v) is 43.9. The lowest BCUT2D eigenvalue weighted by Crippen LogP contribution is -2.30. The van der Waals surface area contributed by atoms with Crippen molar-refractivity contribution in [3.8, 4) is 0 Å². The third kappa shape index (κ3) is 53.4. The topological polar surface area (TPSA) is 78.9 Å². The van der Waals surface area contributed by atoms with Crippen LogP contribution in [-0.2, 0) is 28.6 Å². The summed E-state index contributed by atoms with van der Waals surface area (Å²) in [5.41, 5.74) is 0. The Bertz CT molecular complexity index is 1300. The highest BCUT2D eigenvalue weighted by Gasteiger charge is 2.19. The molecule has 0 fully saturated rings. The lowest BCUT2D eigenvalue weighted by Gasteiger charge is -2.18. The fraction of sp³-hybridized carbons (Fsp3) is 0.721. The quantitative estimate of drug-likeness (QED) is 0.0262. The Kier molecular flexibility index (Phi) is 52.4. The Morgan fingerprint density at radius 1 is 0.313 bits per heavy atom. The summed E-state index contributed by atoms with van der Waals surface area (Å²) in [5.74, 6) is -0.974. The first kappa shape index (κ1) is 63.6. The number of hydrogen-bond donors (Lipinski definition) is 0. The Labute approximate surface area is 414 Å². The Morgan fingerprint density at radius 3 is 0.985 bits per heavy atom. The van der Waals surface area contributed by atoms with Gasteiger partial charge in [0.1, 0.15) is 13.2 Å². The van der Waals surface area contributed by atoms with Crippen LogP contribution in [0.2, 0.25) is 0 Å². The summed E-state index contributed by atoms with van der Waals surface area (Å²) in [5, 5.41) is 0. The second-order valence-corrected chi connectivity index (χ2v) is 18.5. The van der Waals surface area contributed by atoms with Crippen LogP contribution in [0.3, 0.4) is 0 Å². The Balaban J connectivity index is 4.48. The molecule has 0 aromatic rings. The first-order valence-corrected chi connectivity index (χ1v) is 28.1. The molecule has 0 N–H and O–H groups in total. The summed E-state index contributed by atoms with van der Waals surface area (Å²) < 4.78 is 16.8. The van der Waals surface area contributed by atoms with E-state index in [0.29, 0.717) is 19.3 Å². The average Bonchev–Trinajstić information content (AvgIpc) is 3.33. The van der Waals surface area contributed by atoms with Gasteiger partial charge in [0.25, 0.3) is 0 Å². The molecule has 384 valence electrons. The molecule has 0 aromatic carbocycles. The molecule has 0 saturated heterocycles. The van der Waals surface area contributed by atoms with Gasteiger partial charge < -0.3 is 14.2 Å². The highest BCUT2D eigenvalue weighted by Crippen LogP contribution is 2.14. The van der Waals surface area contributed by atoms with Gasteiger partial charge in [-0.05, 0) is 109 Å². The third-order valence-electron chi connectivity index (χ3n) is 11.9. The van der Waals surface area contributed by atoms with E-state index < -0.39 is 6.10 Å². The number of carbonyl (C=O) groups excluding carboxylic acids is 3. The lowest BCUT2D eigenvalue weighted by molar-refractivity contribution is -0.167. The van der Waals surface area contributed by atoms with Gasteiger partial charge in [-0.15, -0.1) is 0 Å². The molecule has 67 heavy (non-hydrogen) atoms. The maximum atomic E-state index is 12.8. The number of allylic oxidation sites excluding steroid dienone is 14. The van der Waals surface area contributed by atoms with Gasteiger partial charge in [-0.1, -0.05) is 221 Å². The van der Waals surface area contributed by atoms with Gasteiger partial charge in [0, 0.05) is 19.3 Å². The fourth-order valence-corrected chi connectivity index (χ4v) is 7.64. The molecule has 1 atom stereocenters. The summed E-state index contributed by atoms with van der Waals surface area (Å²) >= 11 is 0. The van der Waals surface area contributed by atoms with Crippen LogP contribution in [0.25, 0.3) is 0 Å². The molecule has 0 aliphatic carbocycles. The highest BCUT2D eigenvalue weighted by atomic mass is 16.6. The number of esters is 3. The van der Waals surface area contributed by atoms with Crippen LogP contribution in [0.4, 0.5) is 0 Å². The molecule has 0 bridgehead atoms. The first-order chi connectivity index (χ1) is 33.0. The van der Waals surface area contributed by atoms with E-state index in [1.54, 1.807) is 0 Å². The SMILES string of the molecule is CC/C=C\C/C=C\C/C=C\CCCCCCCC(=O)O[C@H](COC(=O)CCC/C=C\C/C=C\C/C=C\CCCCCCCC)COC(=O)CCCCCCCCC/C=C\CCCCCCCC. The normalized spacial score (nSPS) is 12.7. The molecule has 0 radical (unpaired) electrons. The predicted molar refractivity (Wildman–Crippen MR) is 288 cm³/mol. The average molecular weight is 933 g/mol. The molecule has 0 aromatic heterocycles. The van der Waals surface area contributed by atoms with E-state index >= 15 is 0 Å². The van der Waals surface area contributed by atoms with Crippen LogP contribution in [0.5, 0.6) is 0 Å². The van der Waals surface area contributed by atoms with Crippen molar-refractivity contribution in [1.29, 1.82) is 0 Å². The van der Waals surface area contributed by atoms with E-state index in [0.717, 1.165) is 96.3 Å². The minimum atomic E-state index is -0.808. The van der Waals surface area contributed by atoms with Crippen LogP contribution < -0.4 is 0 Å². The second kappa shape index (κ2) is 55.2. The standard InChI is InChI=1S/C61H104O6/c1-4-7-10-13-16-19-22-25-28-30-33-35-38-41-44-47-50-53-59(62)65-56-58(67-61(64)55-52-49-46-43-40-37-32-27-24-21-18-15-12-9-6-3)57-66-60(63)54-51-48-45-42-39-36-34-31-29-26-23-20-17-14-11-8-5-2/h9,12,18,21,25-29,32-33,35,41,44,58H,4-8,10-11,13-17,19-20,22-24,30-31,34,36-40,42-43,45-57H2,1-3H3/b12-9-,21-18-,28-25-,29-26-,32-27-,35-33-,44-41-/t58-/m1/s1. The van der Waals surface area contributed by atoms with Crippen LogP contribution in [0, 0.1) is 0 Å². The third-order valence-corrected chi connectivity index (χ3v) is 11.9. The zero-order chi connectivity index (χ0) is 48.6. The van der Waals surface area contributed by atoms with Crippen LogP contribution >= 0.6 is 0 Å². The molecular formula is C61H104O6. The molecule has 0 amide bonds. The molecule has 0 aliphatic rings. The van der Waals surface area contributed by atoms with Gasteiger partial charge in [-0.2, -0.15) is 0 Å². The summed E-state index contributed by atoms with van der Waals surface area (Å²) in [7, 11) is 0. The van der Waals surface area contributed by atoms with Gasteiger partial charge in [0.15, 0.2) is 6.10 Å². The minimum absolute atomic E-state index is 0.102. The van der Waals surface area contributed by atoms with E-state index in [1.807, 2.05) is 0 Å². The monoisotopic (exact) mass is 933 g/mol. The number of rotatable bonds is 50. The van der Waals surface area contributed by atoms with Crippen molar-refractivity contribution < 1.29 is 28.6 Å². The number of ether oxygens (including phenoxy) is 3. The summed E-state index contributed by atoms with van der Waals surface area (Å²) in [6, 6.07) is 0. The van der Waals surface area contributed by atoms with Crippen molar-refractivity contribution in [3.05, 3.63) is 85.1 Å².